The van der Waals surface area contributed by atoms with E-state index in [4.69, 9.17) is 9.47 Å². The molecule has 1 aliphatic rings. The van der Waals surface area contributed by atoms with Gasteiger partial charge in [0.1, 0.15) is 23.8 Å². The summed E-state index contributed by atoms with van der Waals surface area (Å²) in [6, 6.07) is 18.6. The first kappa shape index (κ1) is 17.6. The van der Waals surface area contributed by atoms with Crippen LogP contribution in [0.2, 0.25) is 0 Å². The molecule has 26 heavy (non-hydrogen) atoms. The fraction of sp³-hybridized carbons (Fsp3) is 0.238. The number of benzene rings is 2. The Morgan fingerprint density at radius 2 is 1.73 bits per heavy atom. The molecule has 3 rings (SSSR count). The van der Waals surface area contributed by atoms with Gasteiger partial charge in [-0.2, -0.15) is 5.26 Å². The first-order valence-electron chi connectivity index (χ1n) is 8.65. The first-order valence-corrected chi connectivity index (χ1v) is 8.65. The molecule has 5 heteroatoms. The van der Waals surface area contributed by atoms with Crippen molar-refractivity contribution in [3.8, 4) is 17.6 Å². The van der Waals surface area contributed by atoms with Gasteiger partial charge in [-0.3, -0.25) is 0 Å². The van der Waals surface area contributed by atoms with Crippen LogP contribution in [-0.4, -0.2) is 24.1 Å². The van der Waals surface area contributed by atoms with Crippen molar-refractivity contribution in [2.75, 3.05) is 13.1 Å². The number of rotatable bonds is 4. The van der Waals surface area contributed by atoms with E-state index in [9.17, 15) is 10.1 Å². The minimum atomic E-state index is -0.408. The van der Waals surface area contributed by atoms with Crippen LogP contribution >= 0.6 is 0 Å². The summed E-state index contributed by atoms with van der Waals surface area (Å²) in [5.74, 6) is 1.32. The summed E-state index contributed by atoms with van der Waals surface area (Å²) in [6.45, 7) is 1.41. The van der Waals surface area contributed by atoms with Crippen molar-refractivity contribution in [1.82, 2.24) is 4.90 Å². The smallest absolute Gasteiger partial charge is 0.414 e. The average molecular weight is 348 g/mol. The predicted octanol–water partition coefficient (Wildman–Crippen LogP) is 4.97. The van der Waals surface area contributed by atoms with E-state index in [1.165, 1.54) is 6.26 Å². The summed E-state index contributed by atoms with van der Waals surface area (Å²) >= 11 is 0. The number of likely N-dealkylation sites (tertiary alicyclic amines) is 1. The number of hydrogen-bond acceptors (Lipinski definition) is 4. The number of hydrogen-bond donors (Lipinski definition) is 0. The van der Waals surface area contributed by atoms with Gasteiger partial charge < -0.3 is 14.4 Å². The van der Waals surface area contributed by atoms with Gasteiger partial charge >= 0.3 is 6.09 Å². The summed E-state index contributed by atoms with van der Waals surface area (Å²) in [4.78, 5) is 13.8. The highest BCUT2D eigenvalue weighted by Gasteiger charge is 2.17. The number of piperidine rings is 1. The third kappa shape index (κ3) is 4.64. The molecule has 1 fully saturated rings. The summed E-state index contributed by atoms with van der Waals surface area (Å²) in [5.41, 5.74) is 0.904. The molecule has 0 aromatic heterocycles. The van der Waals surface area contributed by atoms with Gasteiger partial charge in [0, 0.05) is 13.1 Å². The Morgan fingerprint density at radius 1 is 1.00 bits per heavy atom. The maximum absolute atomic E-state index is 12.1. The second kappa shape index (κ2) is 8.72. The van der Waals surface area contributed by atoms with Gasteiger partial charge in [0.25, 0.3) is 0 Å². The van der Waals surface area contributed by atoms with Gasteiger partial charge in [0.2, 0.25) is 0 Å². The molecule has 5 nitrogen and oxygen atoms in total. The van der Waals surface area contributed by atoms with Crippen molar-refractivity contribution in [2.24, 2.45) is 0 Å². The average Bonchev–Trinajstić information content (AvgIpc) is 2.70. The van der Waals surface area contributed by atoms with E-state index in [2.05, 4.69) is 6.07 Å². The van der Waals surface area contributed by atoms with Crippen molar-refractivity contribution in [3.63, 3.8) is 0 Å². The van der Waals surface area contributed by atoms with Gasteiger partial charge in [-0.25, -0.2) is 4.79 Å². The number of carbonyl (C=O) groups is 1. The van der Waals surface area contributed by atoms with Crippen LogP contribution in [0.3, 0.4) is 0 Å². The summed E-state index contributed by atoms with van der Waals surface area (Å²) in [7, 11) is 0. The molecule has 0 N–H and O–H groups in total. The van der Waals surface area contributed by atoms with Crippen LogP contribution in [0.4, 0.5) is 4.79 Å². The minimum Gasteiger partial charge on any atom is -0.457 e. The van der Waals surface area contributed by atoms with Gasteiger partial charge in [-0.15, -0.1) is 0 Å². The second-order valence-electron chi connectivity index (χ2n) is 6.02. The van der Waals surface area contributed by atoms with Crippen LogP contribution < -0.4 is 4.74 Å². The fourth-order valence-corrected chi connectivity index (χ4v) is 2.77. The molecule has 2 aromatic rings. The van der Waals surface area contributed by atoms with Crippen LogP contribution in [0.5, 0.6) is 11.5 Å². The van der Waals surface area contributed by atoms with Crippen LogP contribution in [0, 0.1) is 11.3 Å². The Labute approximate surface area is 153 Å². The second-order valence-corrected chi connectivity index (χ2v) is 6.02. The van der Waals surface area contributed by atoms with Crippen molar-refractivity contribution in [2.45, 2.75) is 19.3 Å². The normalized spacial score (nSPS) is 14.4. The number of amides is 1. The number of ether oxygens (including phenoxy) is 2. The lowest BCUT2D eigenvalue weighted by atomic mass is 10.1. The topological polar surface area (TPSA) is 62.6 Å². The zero-order chi connectivity index (χ0) is 18.2. The van der Waals surface area contributed by atoms with E-state index >= 15 is 0 Å². The standard InChI is InChI=1S/C21H20N2O3/c22-15-18(16-25-21(24)23-12-5-2-6-13-23)17-8-7-11-20(14-17)26-19-9-3-1-4-10-19/h1,3-4,7-11,14,16H,2,5-6,12-13H2. The Kier molecular flexibility index (Phi) is 5.89. The lowest BCUT2D eigenvalue weighted by molar-refractivity contribution is 0.128. The Morgan fingerprint density at radius 3 is 2.46 bits per heavy atom. The maximum Gasteiger partial charge on any atom is 0.414 e. The largest absolute Gasteiger partial charge is 0.457 e. The zero-order valence-corrected chi connectivity index (χ0v) is 14.4. The predicted molar refractivity (Wildman–Crippen MR) is 98.5 cm³/mol. The third-order valence-electron chi connectivity index (χ3n) is 4.14. The first-order chi connectivity index (χ1) is 12.8. The Balaban J connectivity index is 1.70. The maximum atomic E-state index is 12.1. The number of nitrogens with zero attached hydrogens (tertiary/aromatic N) is 2. The third-order valence-corrected chi connectivity index (χ3v) is 4.14. The van der Waals surface area contributed by atoms with Gasteiger partial charge in [0.05, 0.1) is 5.57 Å². The van der Waals surface area contributed by atoms with E-state index < -0.39 is 6.09 Å². The number of nitriles is 1. The molecule has 0 aliphatic carbocycles. The highest BCUT2D eigenvalue weighted by Crippen LogP contribution is 2.25. The summed E-state index contributed by atoms with van der Waals surface area (Å²) < 4.78 is 11.0. The van der Waals surface area contributed by atoms with Gasteiger partial charge in [-0.05, 0) is 49.1 Å². The highest BCUT2D eigenvalue weighted by atomic mass is 16.5. The van der Waals surface area contributed by atoms with Crippen molar-refractivity contribution < 1.29 is 14.3 Å². The van der Waals surface area contributed by atoms with Crippen LogP contribution in [0.15, 0.2) is 60.9 Å². The zero-order valence-electron chi connectivity index (χ0n) is 14.4. The molecule has 0 spiro atoms. The molecule has 1 heterocycles. The molecular weight excluding hydrogens is 328 g/mol. The molecule has 0 bridgehead atoms. The molecule has 1 aliphatic heterocycles. The number of allylic oxidation sites excluding steroid dienone is 1. The molecule has 2 aromatic carbocycles. The van der Waals surface area contributed by atoms with E-state index in [0.29, 0.717) is 30.2 Å². The molecule has 132 valence electrons. The van der Waals surface area contributed by atoms with Crippen LogP contribution in [0.1, 0.15) is 24.8 Å². The van der Waals surface area contributed by atoms with Crippen LogP contribution in [0.25, 0.3) is 5.57 Å². The van der Waals surface area contributed by atoms with E-state index in [1.54, 1.807) is 23.1 Å². The molecule has 0 saturated carbocycles. The highest BCUT2D eigenvalue weighted by molar-refractivity contribution is 5.78. The molecule has 0 unspecified atom stereocenters. The van der Waals surface area contributed by atoms with E-state index in [1.807, 2.05) is 36.4 Å². The summed E-state index contributed by atoms with van der Waals surface area (Å²) in [5, 5.41) is 9.42. The fourth-order valence-electron chi connectivity index (χ4n) is 2.77. The minimum absolute atomic E-state index is 0.272. The SMILES string of the molecule is N#CC(=COC(=O)N1CCCCC1)c1cccc(Oc2ccccc2)c1. The molecular formula is C21H20N2O3. The number of carbonyl (C=O) groups excluding carboxylic acids is 1. The molecule has 0 radical (unpaired) electrons. The number of para-hydroxylation sites is 1. The molecule has 0 atom stereocenters. The van der Waals surface area contributed by atoms with E-state index in [0.717, 1.165) is 19.3 Å². The van der Waals surface area contributed by atoms with Gasteiger partial charge in [-0.1, -0.05) is 30.3 Å². The lowest BCUT2D eigenvalue weighted by Gasteiger charge is -2.24. The lowest BCUT2D eigenvalue weighted by Crippen LogP contribution is -2.35. The quantitative estimate of drug-likeness (QED) is 0.578. The van der Waals surface area contributed by atoms with Gasteiger partial charge in [0.15, 0.2) is 0 Å². The Bertz CT molecular complexity index is 819. The van der Waals surface area contributed by atoms with Crippen molar-refractivity contribution >= 4 is 11.7 Å². The van der Waals surface area contributed by atoms with E-state index in [-0.39, 0.29) is 5.57 Å². The summed E-state index contributed by atoms with van der Waals surface area (Å²) in [6.07, 6.45) is 3.93. The monoisotopic (exact) mass is 348 g/mol. The van der Waals surface area contributed by atoms with Crippen molar-refractivity contribution in [1.29, 1.82) is 5.26 Å². The molecule has 1 amide bonds. The molecule has 1 saturated heterocycles. The Hall–Kier alpha value is -3.26. The van der Waals surface area contributed by atoms with Crippen LogP contribution in [-0.2, 0) is 4.74 Å². The van der Waals surface area contributed by atoms with Crippen molar-refractivity contribution in [3.05, 3.63) is 66.4 Å².